The molecule has 0 saturated heterocycles. The van der Waals surface area contributed by atoms with Crippen LogP contribution in [0.1, 0.15) is 19.5 Å². The summed E-state index contributed by atoms with van der Waals surface area (Å²) in [5, 5.41) is 3.09. The Kier molecular flexibility index (Phi) is 6.02. The summed E-state index contributed by atoms with van der Waals surface area (Å²) in [6.07, 6.45) is 12.6. The van der Waals surface area contributed by atoms with E-state index in [-0.39, 0.29) is 11.9 Å². The zero-order valence-electron chi connectivity index (χ0n) is 18.3. The molecule has 1 atom stereocenters. The fourth-order valence-corrected chi connectivity index (χ4v) is 3.53. The summed E-state index contributed by atoms with van der Waals surface area (Å²) in [4.78, 5) is 15.2. The molecule has 0 amide bonds. The van der Waals surface area contributed by atoms with Gasteiger partial charge in [-0.2, -0.15) is 4.98 Å². The van der Waals surface area contributed by atoms with Crippen LogP contribution < -0.4 is 15.0 Å². The molecule has 2 aromatic heterocycles. The average Bonchev–Trinajstić information content (AvgIpc) is 3.19. The van der Waals surface area contributed by atoms with Gasteiger partial charge in [-0.3, -0.25) is 0 Å². The summed E-state index contributed by atoms with van der Waals surface area (Å²) < 4.78 is 22.3. The molecule has 0 bridgehead atoms. The van der Waals surface area contributed by atoms with E-state index in [2.05, 4.69) is 31.7 Å². The van der Waals surface area contributed by atoms with Gasteiger partial charge in [-0.15, -0.1) is 0 Å². The molecule has 3 heterocycles. The van der Waals surface area contributed by atoms with Gasteiger partial charge in [0.25, 0.3) is 0 Å². The molecule has 0 spiro atoms. The van der Waals surface area contributed by atoms with Crippen molar-refractivity contribution in [1.82, 2.24) is 19.5 Å². The van der Waals surface area contributed by atoms with Crippen LogP contribution in [-0.4, -0.2) is 32.2 Å². The van der Waals surface area contributed by atoms with Gasteiger partial charge in [0.2, 0.25) is 5.95 Å². The molecule has 0 fully saturated rings. The highest BCUT2D eigenvalue weighted by Crippen LogP contribution is 2.35. The lowest BCUT2D eigenvalue weighted by Crippen LogP contribution is -2.38. The quantitative estimate of drug-likeness (QED) is 0.548. The number of hydrogen-bond acceptors (Lipinski definition) is 6. The normalized spacial score (nSPS) is 16.1. The number of aryl methyl sites for hydroxylation is 1. The van der Waals surface area contributed by atoms with Crippen LogP contribution in [0.5, 0.6) is 5.75 Å². The maximum atomic E-state index is 14.7. The van der Waals surface area contributed by atoms with E-state index in [1.54, 1.807) is 41.5 Å². The summed E-state index contributed by atoms with van der Waals surface area (Å²) in [6, 6.07) is 4.87. The Morgan fingerprint density at radius 2 is 2.19 bits per heavy atom. The van der Waals surface area contributed by atoms with Gasteiger partial charge < -0.3 is 19.5 Å². The number of fused-ring (bicyclic) bond motifs is 1. The van der Waals surface area contributed by atoms with Gasteiger partial charge in [0.15, 0.2) is 11.6 Å². The van der Waals surface area contributed by atoms with Gasteiger partial charge >= 0.3 is 0 Å². The third-order valence-electron chi connectivity index (χ3n) is 4.89. The lowest BCUT2D eigenvalue weighted by Gasteiger charge is -2.34. The minimum Gasteiger partial charge on any atom is -0.483 e. The first-order chi connectivity index (χ1) is 15.5. The van der Waals surface area contributed by atoms with Gasteiger partial charge in [-0.1, -0.05) is 18.7 Å². The molecule has 1 aliphatic heterocycles. The molecular formula is C24H25FN6O. The number of nitrogens with zero attached hydrogens (tertiary/aromatic N) is 5. The number of hydrogen-bond donors (Lipinski definition) is 1. The lowest BCUT2D eigenvalue weighted by atomic mass is 10.2. The maximum Gasteiger partial charge on any atom is 0.229 e. The number of benzene rings is 1. The Bertz CT molecular complexity index is 1200. The standard InChI is InChI=1S/C24H25FN6O/c1-5-7-19(8-6-2)31-14-17(4)32-22-12-26-24(29-23(22)31)28-18-9-10-21(20(25)11-18)30-13-16(3)27-15-30/h5-13,15,17H,1,14H2,2-4H3,(H,26,28,29)/b8-6-,19-7+. The van der Waals surface area contributed by atoms with Crippen molar-refractivity contribution in [2.75, 3.05) is 16.8 Å². The van der Waals surface area contributed by atoms with Crippen LogP contribution in [0.15, 0.2) is 73.5 Å². The van der Waals surface area contributed by atoms with Crippen molar-refractivity contribution >= 4 is 17.5 Å². The molecular weight excluding hydrogens is 407 g/mol. The van der Waals surface area contributed by atoms with E-state index in [9.17, 15) is 4.39 Å². The van der Waals surface area contributed by atoms with Crippen LogP contribution in [0, 0.1) is 12.7 Å². The van der Waals surface area contributed by atoms with E-state index >= 15 is 0 Å². The zero-order valence-corrected chi connectivity index (χ0v) is 18.3. The second-order valence-corrected chi connectivity index (χ2v) is 7.46. The minimum absolute atomic E-state index is 0.0307. The summed E-state index contributed by atoms with van der Waals surface area (Å²) in [5.74, 6) is 1.19. The maximum absolute atomic E-state index is 14.7. The number of anilines is 3. The second-order valence-electron chi connectivity index (χ2n) is 7.46. The van der Waals surface area contributed by atoms with E-state index in [1.807, 2.05) is 39.0 Å². The van der Waals surface area contributed by atoms with Crippen molar-refractivity contribution in [1.29, 1.82) is 0 Å². The second kappa shape index (κ2) is 9.05. The average molecular weight is 433 g/mol. The molecule has 1 N–H and O–H groups in total. The first kappa shape index (κ1) is 21.3. The first-order valence-corrected chi connectivity index (χ1v) is 10.3. The summed E-state index contributed by atoms with van der Waals surface area (Å²) >= 11 is 0. The third kappa shape index (κ3) is 4.39. The van der Waals surface area contributed by atoms with E-state index in [0.717, 1.165) is 11.4 Å². The topological polar surface area (TPSA) is 68.1 Å². The smallest absolute Gasteiger partial charge is 0.229 e. The summed E-state index contributed by atoms with van der Waals surface area (Å²) in [7, 11) is 0. The molecule has 1 aromatic carbocycles. The number of halogens is 1. The van der Waals surface area contributed by atoms with Crippen LogP contribution in [0.25, 0.3) is 5.69 Å². The largest absolute Gasteiger partial charge is 0.483 e. The van der Waals surface area contributed by atoms with Gasteiger partial charge in [0.05, 0.1) is 30.5 Å². The molecule has 0 radical (unpaired) electrons. The molecule has 164 valence electrons. The van der Waals surface area contributed by atoms with Crippen LogP contribution in [0.4, 0.5) is 21.8 Å². The fraction of sp³-hybridized carbons (Fsp3) is 0.208. The summed E-state index contributed by atoms with van der Waals surface area (Å²) in [5.41, 5.74) is 2.71. The van der Waals surface area contributed by atoms with Gasteiger partial charge in [-0.05, 0) is 51.1 Å². The Labute approximate surface area is 186 Å². The van der Waals surface area contributed by atoms with Gasteiger partial charge in [0.1, 0.15) is 11.9 Å². The third-order valence-corrected chi connectivity index (χ3v) is 4.89. The fourth-order valence-electron chi connectivity index (χ4n) is 3.53. The highest BCUT2D eigenvalue weighted by Gasteiger charge is 2.27. The highest BCUT2D eigenvalue weighted by molar-refractivity contribution is 5.64. The number of ether oxygens (including phenoxy) is 1. The van der Waals surface area contributed by atoms with Gasteiger partial charge in [-0.25, -0.2) is 14.4 Å². The highest BCUT2D eigenvalue weighted by atomic mass is 19.1. The molecule has 1 aliphatic rings. The summed E-state index contributed by atoms with van der Waals surface area (Å²) in [6.45, 7) is 10.2. The predicted octanol–water partition coefficient (Wildman–Crippen LogP) is 5.09. The monoisotopic (exact) mass is 432 g/mol. The van der Waals surface area contributed by atoms with Crippen LogP contribution in [0.2, 0.25) is 0 Å². The molecule has 4 rings (SSSR count). The zero-order chi connectivity index (χ0) is 22.7. The predicted molar refractivity (Wildman–Crippen MR) is 124 cm³/mol. The first-order valence-electron chi connectivity index (χ1n) is 10.3. The number of aromatic nitrogens is 4. The Hall–Kier alpha value is -3.94. The van der Waals surface area contributed by atoms with Crippen LogP contribution in [0.3, 0.4) is 0 Å². The van der Waals surface area contributed by atoms with Crippen molar-refractivity contribution in [2.24, 2.45) is 0 Å². The van der Waals surface area contributed by atoms with Crippen LogP contribution in [-0.2, 0) is 0 Å². The van der Waals surface area contributed by atoms with Crippen molar-refractivity contribution in [2.45, 2.75) is 26.9 Å². The lowest BCUT2D eigenvalue weighted by molar-refractivity contribution is 0.214. The number of imidazole rings is 1. The minimum atomic E-state index is -0.381. The molecule has 0 saturated carbocycles. The number of nitrogens with one attached hydrogen (secondary N) is 1. The van der Waals surface area contributed by atoms with E-state index in [0.29, 0.717) is 35.4 Å². The molecule has 0 aliphatic carbocycles. The SMILES string of the molecule is C=C/C=C(\C=C/C)N1CC(C)Oc2cnc(Nc3ccc(-n4cnc(C)c4)c(F)c3)nc21. The van der Waals surface area contributed by atoms with Gasteiger partial charge in [0, 0.05) is 17.6 Å². The molecule has 7 nitrogen and oxygen atoms in total. The van der Waals surface area contributed by atoms with E-state index in [4.69, 9.17) is 4.74 Å². The Balaban J connectivity index is 1.64. The number of rotatable bonds is 6. The molecule has 1 unspecified atom stereocenters. The molecule has 32 heavy (non-hydrogen) atoms. The van der Waals surface area contributed by atoms with Crippen molar-refractivity contribution in [3.05, 3.63) is 85.0 Å². The van der Waals surface area contributed by atoms with E-state index < -0.39 is 0 Å². The number of allylic oxidation sites excluding steroid dienone is 4. The van der Waals surface area contributed by atoms with Crippen molar-refractivity contribution < 1.29 is 9.13 Å². The Morgan fingerprint density at radius 3 is 2.88 bits per heavy atom. The Morgan fingerprint density at radius 1 is 1.34 bits per heavy atom. The molecule has 8 heteroatoms. The van der Waals surface area contributed by atoms with Crippen molar-refractivity contribution in [3.8, 4) is 11.4 Å². The van der Waals surface area contributed by atoms with Crippen LogP contribution >= 0.6 is 0 Å². The molecule has 3 aromatic rings. The van der Waals surface area contributed by atoms with E-state index in [1.165, 1.54) is 6.07 Å². The van der Waals surface area contributed by atoms with Crippen molar-refractivity contribution in [3.63, 3.8) is 0 Å².